The fourth-order valence-electron chi connectivity index (χ4n) is 13.2. The zero-order valence-corrected chi connectivity index (χ0v) is 49.4. The van der Waals surface area contributed by atoms with Crippen LogP contribution in [0.1, 0.15) is 0 Å². The molecule has 0 radical (unpaired) electrons. The largest absolute Gasteiger partial charge is 0.255 e. The van der Waals surface area contributed by atoms with Gasteiger partial charge in [-0.1, -0.05) is 309 Å². The molecule has 0 amide bonds. The van der Waals surface area contributed by atoms with Gasteiger partial charge in [0.15, 0.2) is 0 Å². The third kappa shape index (κ3) is 10.5. The Labute approximate surface area is 526 Å². The third-order valence-electron chi connectivity index (χ3n) is 17.0. The van der Waals surface area contributed by atoms with E-state index in [4.69, 9.17) is 15.0 Å². The van der Waals surface area contributed by atoms with Crippen molar-refractivity contribution >= 4 is 0 Å². The topological polar surface area (TPSA) is 38.7 Å². The van der Waals surface area contributed by atoms with Crippen molar-refractivity contribution in [3.8, 4) is 156 Å². The Bertz CT molecular complexity index is 4440. The first-order chi connectivity index (χ1) is 44.7. The Kier molecular flexibility index (Phi) is 15.1. The summed E-state index contributed by atoms with van der Waals surface area (Å²) in [6, 6.07) is 124. The van der Waals surface area contributed by atoms with E-state index < -0.39 is 0 Å². The number of aromatic nitrogens is 3. The van der Waals surface area contributed by atoms with Crippen LogP contribution < -0.4 is 0 Å². The highest BCUT2D eigenvalue weighted by molar-refractivity contribution is 6.17. The van der Waals surface area contributed by atoms with Crippen molar-refractivity contribution < 1.29 is 0 Å². The van der Waals surface area contributed by atoms with Crippen LogP contribution in [-0.4, -0.2) is 15.0 Å². The van der Waals surface area contributed by atoms with Crippen molar-refractivity contribution in [3.05, 3.63) is 358 Å². The fraction of sp³-hybridized carbons (Fsp3) is 0. The first-order valence-electron chi connectivity index (χ1n) is 30.7. The third-order valence-corrected chi connectivity index (χ3v) is 17.0. The molecule has 90 heavy (non-hydrogen) atoms. The van der Waals surface area contributed by atoms with Gasteiger partial charge in [-0.15, -0.1) is 0 Å². The second kappa shape index (κ2) is 24.8. The van der Waals surface area contributed by atoms with Crippen molar-refractivity contribution in [2.45, 2.75) is 0 Å². The molecule has 0 unspecified atom stereocenters. The molecule has 0 fully saturated rings. The number of pyridine rings is 3. The summed E-state index contributed by atoms with van der Waals surface area (Å²) in [7, 11) is 0. The van der Waals surface area contributed by atoms with Crippen molar-refractivity contribution in [1.29, 1.82) is 0 Å². The van der Waals surface area contributed by atoms with Gasteiger partial charge in [0.25, 0.3) is 0 Å². The number of benzene rings is 12. The van der Waals surface area contributed by atoms with Gasteiger partial charge in [0.1, 0.15) is 0 Å². The summed E-state index contributed by atoms with van der Waals surface area (Å²) in [6.45, 7) is 0. The molecular formula is C87H59N3. The molecule has 0 bridgehead atoms. The van der Waals surface area contributed by atoms with E-state index in [1.807, 2.05) is 12.4 Å². The van der Waals surface area contributed by atoms with Crippen LogP contribution in [0.25, 0.3) is 156 Å². The summed E-state index contributed by atoms with van der Waals surface area (Å²) >= 11 is 0. The second-order valence-electron chi connectivity index (χ2n) is 22.4. The van der Waals surface area contributed by atoms with Crippen LogP contribution in [0.15, 0.2) is 358 Å². The summed E-state index contributed by atoms with van der Waals surface area (Å²) in [5.41, 5.74) is 29.8. The molecule has 0 aliphatic carbocycles. The highest BCUT2D eigenvalue weighted by Crippen LogP contribution is 2.58. The molecule has 3 heterocycles. The average molecular weight is 1150 g/mol. The Hall–Kier alpha value is -11.9. The predicted octanol–water partition coefficient (Wildman–Crippen LogP) is 23.2. The smallest absolute Gasteiger partial charge is 0.0894 e. The zero-order valence-electron chi connectivity index (χ0n) is 49.4. The van der Waals surface area contributed by atoms with Crippen LogP contribution in [0.5, 0.6) is 0 Å². The van der Waals surface area contributed by atoms with Gasteiger partial charge in [-0.25, -0.2) is 4.98 Å². The normalized spacial score (nSPS) is 11.1. The Morgan fingerprint density at radius 2 is 0.300 bits per heavy atom. The van der Waals surface area contributed by atoms with Gasteiger partial charge in [0, 0.05) is 12.4 Å². The molecule has 0 N–H and O–H groups in total. The van der Waals surface area contributed by atoms with Gasteiger partial charge in [-0.3, -0.25) is 9.97 Å². The highest BCUT2D eigenvalue weighted by Gasteiger charge is 2.32. The number of nitrogens with zero attached hydrogens (tertiary/aromatic N) is 3. The van der Waals surface area contributed by atoms with Crippen LogP contribution in [-0.2, 0) is 0 Å². The minimum atomic E-state index is 0.733. The van der Waals surface area contributed by atoms with Gasteiger partial charge in [0.2, 0.25) is 0 Å². The number of rotatable bonds is 14. The lowest BCUT2D eigenvalue weighted by molar-refractivity contribution is 1.22. The van der Waals surface area contributed by atoms with Crippen LogP contribution in [0, 0.1) is 0 Å². The van der Waals surface area contributed by atoms with Gasteiger partial charge in [0.05, 0.1) is 22.8 Å². The quantitative estimate of drug-likeness (QED) is 0.109. The molecular weight excluding hydrogens is 1090 g/mol. The van der Waals surface area contributed by atoms with E-state index in [1.54, 1.807) is 0 Å². The maximum absolute atomic E-state index is 5.55. The molecule has 0 spiro atoms. The fourth-order valence-corrected chi connectivity index (χ4v) is 13.2. The van der Waals surface area contributed by atoms with Crippen LogP contribution >= 0.6 is 0 Å². The Morgan fingerprint density at radius 1 is 0.133 bits per heavy atom. The highest BCUT2D eigenvalue weighted by atomic mass is 14.8. The van der Waals surface area contributed by atoms with Gasteiger partial charge < -0.3 is 0 Å². The van der Waals surface area contributed by atoms with E-state index >= 15 is 0 Å². The lowest BCUT2D eigenvalue weighted by atomic mass is 9.74. The lowest BCUT2D eigenvalue weighted by Gasteiger charge is -2.29. The van der Waals surface area contributed by atoms with E-state index in [-0.39, 0.29) is 0 Å². The maximum atomic E-state index is 5.55. The molecule has 0 aliphatic rings. The number of hydrogen-bond donors (Lipinski definition) is 0. The van der Waals surface area contributed by atoms with Gasteiger partial charge in [-0.2, -0.15) is 0 Å². The summed E-state index contributed by atoms with van der Waals surface area (Å²) in [4.78, 5) is 15.9. The molecule has 0 saturated carbocycles. The molecule has 15 aromatic rings. The minimum absolute atomic E-state index is 0.733. The number of hydrogen-bond acceptors (Lipinski definition) is 3. The molecule has 15 rings (SSSR count). The molecule has 3 nitrogen and oxygen atoms in total. The standard InChI is InChI=1S/C87H59N3/c1-11-32-60(33-12-1)76-78(62-36-15-3-16-37-62)82(66-44-23-7-24-45-66)86(83(67-46-25-8-26-47-67)79(76)63-38-17-4-18-39-63)70-54-56-88-74(58-70)72-52-31-53-73(90-72)75-59-71(55-57-89-75)87-84(68-48-27-9-28-49-68)80(64-40-19-5-20-41-64)77(61-34-13-2-14-35-61)81(65-42-21-6-22-43-65)85(87)69-50-29-10-30-51-69/h1-59H. The van der Waals surface area contributed by atoms with Crippen LogP contribution in [0.2, 0.25) is 0 Å². The SMILES string of the molecule is c1ccc(-c2c(-c3ccccc3)c(-c3ccccc3)c(-c3ccnc(-c4cccc(-c5cc(-c6c(-c7ccccc7)c(-c7ccccc7)c(-c7ccccc7)c(-c7ccccc7)c6-c6ccccc6)ccn5)n4)c3)c(-c3ccccc3)c2-c2ccccc2)cc1. The van der Waals surface area contributed by atoms with E-state index in [1.165, 1.54) is 11.1 Å². The first kappa shape index (κ1) is 54.7. The average Bonchev–Trinajstić information content (AvgIpc) is 0.891. The van der Waals surface area contributed by atoms with Crippen molar-refractivity contribution in [2.24, 2.45) is 0 Å². The van der Waals surface area contributed by atoms with E-state index in [0.29, 0.717) is 0 Å². The Balaban J connectivity index is 0.975. The lowest BCUT2D eigenvalue weighted by Crippen LogP contribution is -2.02. The summed E-state index contributed by atoms with van der Waals surface area (Å²) in [5.74, 6) is 0. The van der Waals surface area contributed by atoms with Crippen LogP contribution in [0.3, 0.4) is 0 Å². The summed E-state index contributed by atoms with van der Waals surface area (Å²) < 4.78 is 0. The summed E-state index contributed by atoms with van der Waals surface area (Å²) in [5, 5.41) is 0. The van der Waals surface area contributed by atoms with Crippen molar-refractivity contribution in [3.63, 3.8) is 0 Å². The first-order valence-corrected chi connectivity index (χ1v) is 30.7. The van der Waals surface area contributed by atoms with E-state index in [2.05, 4.69) is 346 Å². The molecule has 12 aromatic carbocycles. The molecule has 3 aromatic heterocycles. The minimum Gasteiger partial charge on any atom is -0.255 e. The predicted molar refractivity (Wildman–Crippen MR) is 376 cm³/mol. The van der Waals surface area contributed by atoms with Crippen LogP contribution in [0.4, 0.5) is 0 Å². The molecule has 0 atom stereocenters. The molecule has 0 saturated heterocycles. The second-order valence-corrected chi connectivity index (χ2v) is 22.4. The molecule has 0 aliphatic heterocycles. The van der Waals surface area contributed by atoms with Gasteiger partial charge >= 0.3 is 0 Å². The van der Waals surface area contributed by atoms with Gasteiger partial charge in [-0.05, 0) is 170 Å². The summed E-state index contributed by atoms with van der Waals surface area (Å²) in [6.07, 6.45) is 3.89. The van der Waals surface area contributed by atoms with Crippen molar-refractivity contribution in [2.75, 3.05) is 0 Å². The van der Waals surface area contributed by atoms with E-state index in [9.17, 15) is 0 Å². The molecule has 3 heteroatoms. The van der Waals surface area contributed by atoms with Crippen molar-refractivity contribution in [1.82, 2.24) is 15.0 Å². The monoisotopic (exact) mass is 1150 g/mol. The molecule has 422 valence electrons. The van der Waals surface area contributed by atoms with E-state index in [0.717, 1.165) is 145 Å². The maximum Gasteiger partial charge on any atom is 0.0894 e. The zero-order chi connectivity index (χ0) is 60.0. The Morgan fingerprint density at radius 3 is 0.478 bits per heavy atom.